The lowest BCUT2D eigenvalue weighted by molar-refractivity contribution is 0.240. The number of aromatic nitrogens is 1. The summed E-state index contributed by atoms with van der Waals surface area (Å²) in [6.07, 6.45) is 4.62. The molecule has 0 fully saturated rings. The van der Waals surface area contributed by atoms with Crippen molar-refractivity contribution in [3.8, 4) is 22.9 Å². The van der Waals surface area contributed by atoms with E-state index in [4.69, 9.17) is 0 Å². The van der Waals surface area contributed by atoms with Crippen LogP contribution in [0.2, 0.25) is 0 Å². The highest BCUT2D eigenvalue weighted by molar-refractivity contribution is 5.78. The number of nitriles is 1. The van der Waals surface area contributed by atoms with Gasteiger partial charge in [0.1, 0.15) is 0 Å². The van der Waals surface area contributed by atoms with Crippen molar-refractivity contribution in [1.29, 1.82) is 5.26 Å². The van der Waals surface area contributed by atoms with Gasteiger partial charge in [-0.3, -0.25) is 9.36 Å². The van der Waals surface area contributed by atoms with E-state index in [9.17, 15) is 14.9 Å². The summed E-state index contributed by atoms with van der Waals surface area (Å²) in [4.78, 5) is 26.1. The van der Waals surface area contributed by atoms with E-state index in [1.165, 1.54) is 0 Å². The summed E-state index contributed by atoms with van der Waals surface area (Å²) in [6.45, 7) is 6.87. The number of aryl methyl sites for hydroxylation is 2. The van der Waals surface area contributed by atoms with E-state index in [2.05, 4.69) is 36.6 Å². The molecule has 2 aromatic carbocycles. The van der Waals surface area contributed by atoms with Crippen molar-refractivity contribution in [2.45, 2.75) is 59.4 Å². The van der Waals surface area contributed by atoms with Gasteiger partial charge in [0.25, 0.3) is 5.56 Å². The quantitative estimate of drug-likeness (QED) is 0.377. The standard InChI is InChI=1S/C29H34N4O2/c1-4-6-13-23-18-21(3)26(20-32-29(35)31-17-7-5-2)28(34)33(23)27-16-11-10-15-25(27)24-14-9-8-12-22(24)19-30/h8-12,14-16,18H,4-7,13,17,20H2,1-3H3,(H2,31,32,35). The zero-order chi connectivity index (χ0) is 25.2. The van der Waals surface area contributed by atoms with Gasteiger partial charge >= 0.3 is 6.03 Å². The normalized spacial score (nSPS) is 10.6. The number of carbonyl (C=O) groups excluding carboxylic acids is 1. The number of rotatable bonds is 10. The second kappa shape index (κ2) is 12.6. The summed E-state index contributed by atoms with van der Waals surface area (Å²) in [7, 11) is 0. The molecule has 2 N–H and O–H groups in total. The summed E-state index contributed by atoms with van der Waals surface area (Å²) >= 11 is 0. The maximum Gasteiger partial charge on any atom is 0.315 e. The van der Waals surface area contributed by atoms with Crippen LogP contribution in [0.4, 0.5) is 4.79 Å². The Morgan fingerprint density at radius 1 is 0.971 bits per heavy atom. The third-order valence-electron chi connectivity index (χ3n) is 6.12. The highest BCUT2D eigenvalue weighted by Gasteiger charge is 2.18. The predicted octanol–water partition coefficient (Wildman–Crippen LogP) is 5.63. The van der Waals surface area contributed by atoms with Crippen molar-refractivity contribution >= 4 is 6.03 Å². The van der Waals surface area contributed by atoms with Gasteiger partial charge in [-0.15, -0.1) is 0 Å². The van der Waals surface area contributed by atoms with Crippen LogP contribution in [-0.4, -0.2) is 17.1 Å². The minimum atomic E-state index is -0.276. The molecule has 182 valence electrons. The van der Waals surface area contributed by atoms with Crippen LogP contribution in [0.25, 0.3) is 16.8 Å². The SMILES string of the molecule is CCCCNC(=O)NCc1c(C)cc(CCCC)n(-c2ccccc2-c2ccccc2C#N)c1=O. The van der Waals surface area contributed by atoms with Gasteiger partial charge in [-0.1, -0.05) is 63.1 Å². The molecule has 0 spiro atoms. The van der Waals surface area contributed by atoms with Gasteiger partial charge in [0, 0.05) is 28.9 Å². The van der Waals surface area contributed by atoms with Crippen molar-refractivity contribution in [3.63, 3.8) is 0 Å². The number of unbranched alkanes of at least 4 members (excludes halogenated alkanes) is 2. The number of urea groups is 1. The molecule has 6 nitrogen and oxygen atoms in total. The summed E-state index contributed by atoms with van der Waals surface area (Å²) in [5, 5.41) is 15.4. The molecule has 35 heavy (non-hydrogen) atoms. The molecular formula is C29H34N4O2. The minimum Gasteiger partial charge on any atom is -0.338 e. The average Bonchev–Trinajstić information content (AvgIpc) is 2.87. The first-order valence-electron chi connectivity index (χ1n) is 12.4. The number of hydrogen-bond acceptors (Lipinski definition) is 3. The van der Waals surface area contributed by atoms with Gasteiger partial charge in [0.05, 0.1) is 23.9 Å². The van der Waals surface area contributed by atoms with Gasteiger partial charge in [0.2, 0.25) is 0 Å². The zero-order valence-electron chi connectivity index (χ0n) is 20.9. The highest BCUT2D eigenvalue weighted by atomic mass is 16.2. The molecule has 0 aliphatic rings. The number of pyridine rings is 1. The Hall–Kier alpha value is -3.85. The number of benzene rings is 2. The number of hydrogen-bond donors (Lipinski definition) is 2. The van der Waals surface area contributed by atoms with Crippen LogP contribution in [0.15, 0.2) is 59.4 Å². The van der Waals surface area contributed by atoms with E-state index in [0.717, 1.165) is 60.2 Å². The lowest BCUT2D eigenvalue weighted by atomic mass is 9.97. The Morgan fingerprint density at radius 2 is 1.66 bits per heavy atom. The molecule has 1 heterocycles. The number of nitrogens with one attached hydrogen (secondary N) is 2. The first kappa shape index (κ1) is 25.8. The summed E-state index contributed by atoms with van der Waals surface area (Å²) < 4.78 is 1.76. The fourth-order valence-corrected chi connectivity index (χ4v) is 4.18. The molecule has 1 aromatic heterocycles. The molecule has 2 amide bonds. The molecule has 0 radical (unpaired) electrons. The van der Waals surface area contributed by atoms with Crippen LogP contribution < -0.4 is 16.2 Å². The van der Waals surface area contributed by atoms with E-state index >= 15 is 0 Å². The van der Waals surface area contributed by atoms with E-state index in [0.29, 0.717) is 17.7 Å². The summed E-state index contributed by atoms with van der Waals surface area (Å²) in [5.74, 6) is 0. The number of para-hydroxylation sites is 1. The minimum absolute atomic E-state index is 0.146. The van der Waals surface area contributed by atoms with Crippen molar-refractivity contribution in [2.75, 3.05) is 6.54 Å². The third-order valence-corrected chi connectivity index (χ3v) is 6.12. The van der Waals surface area contributed by atoms with E-state index in [1.807, 2.05) is 49.4 Å². The second-order valence-electron chi connectivity index (χ2n) is 8.68. The Kier molecular flexibility index (Phi) is 9.25. The van der Waals surface area contributed by atoms with Crippen LogP contribution >= 0.6 is 0 Å². The van der Waals surface area contributed by atoms with Crippen molar-refractivity contribution < 1.29 is 4.79 Å². The predicted molar refractivity (Wildman–Crippen MR) is 141 cm³/mol. The van der Waals surface area contributed by atoms with E-state index in [-0.39, 0.29) is 18.1 Å². The molecule has 0 saturated heterocycles. The van der Waals surface area contributed by atoms with Crippen LogP contribution in [-0.2, 0) is 13.0 Å². The Balaban J connectivity index is 2.11. The lowest BCUT2D eigenvalue weighted by Gasteiger charge is -2.20. The first-order valence-corrected chi connectivity index (χ1v) is 12.4. The largest absolute Gasteiger partial charge is 0.338 e. The molecule has 3 aromatic rings. The van der Waals surface area contributed by atoms with Gasteiger partial charge in [-0.2, -0.15) is 5.26 Å². The van der Waals surface area contributed by atoms with Gasteiger partial charge < -0.3 is 10.6 Å². The van der Waals surface area contributed by atoms with Crippen molar-refractivity contribution in [2.24, 2.45) is 0 Å². The molecule has 0 saturated carbocycles. The molecule has 0 aliphatic carbocycles. The Labute approximate surface area is 207 Å². The second-order valence-corrected chi connectivity index (χ2v) is 8.68. The van der Waals surface area contributed by atoms with Crippen molar-refractivity contribution in [3.05, 3.63) is 87.3 Å². The Bertz CT molecular complexity index is 1270. The smallest absolute Gasteiger partial charge is 0.315 e. The summed E-state index contributed by atoms with van der Waals surface area (Å²) in [5.41, 5.74) is 5.10. The van der Waals surface area contributed by atoms with Gasteiger partial charge in [0.15, 0.2) is 0 Å². The van der Waals surface area contributed by atoms with Crippen LogP contribution in [0.5, 0.6) is 0 Å². The lowest BCUT2D eigenvalue weighted by Crippen LogP contribution is -2.38. The van der Waals surface area contributed by atoms with Gasteiger partial charge in [-0.25, -0.2) is 4.79 Å². The summed E-state index contributed by atoms with van der Waals surface area (Å²) in [6, 6.07) is 19.2. The number of nitrogens with zero attached hydrogens (tertiary/aromatic N) is 2. The maximum atomic E-state index is 13.9. The topological polar surface area (TPSA) is 86.9 Å². The zero-order valence-corrected chi connectivity index (χ0v) is 20.9. The first-order chi connectivity index (χ1) is 17.0. The number of carbonyl (C=O) groups is 1. The molecule has 3 rings (SSSR count). The maximum absolute atomic E-state index is 13.9. The molecular weight excluding hydrogens is 436 g/mol. The fourth-order valence-electron chi connectivity index (χ4n) is 4.18. The van der Waals surface area contributed by atoms with Crippen LogP contribution in [0, 0.1) is 18.3 Å². The Morgan fingerprint density at radius 3 is 2.37 bits per heavy atom. The van der Waals surface area contributed by atoms with Crippen LogP contribution in [0.1, 0.15) is 61.9 Å². The highest BCUT2D eigenvalue weighted by Crippen LogP contribution is 2.30. The average molecular weight is 471 g/mol. The molecule has 0 aliphatic heterocycles. The number of amides is 2. The van der Waals surface area contributed by atoms with E-state index in [1.54, 1.807) is 10.6 Å². The molecule has 0 unspecified atom stereocenters. The van der Waals surface area contributed by atoms with Gasteiger partial charge in [-0.05, 0) is 49.9 Å². The van der Waals surface area contributed by atoms with E-state index < -0.39 is 0 Å². The third kappa shape index (κ3) is 6.19. The monoisotopic (exact) mass is 470 g/mol. The fraction of sp³-hybridized carbons (Fsp3) is 0.345. The molecule has 0 bridgehead atoms. The van der Waals surface area contributed by atoms with Crippen molar-refractivity contribution in [1.82, 2.24) is 15.2 Å². The van der Waals surface area contributed by atoms with Crippen LogP contribution in [0.3, 0.4) is 0 Å². The molecule has 6 heteroatoms. The molecule has 0 atom stereocenters.